The van der Waals surface area contributed by atoms with E-state index in [0.717, 1.165) is 0 Å². The van der Waals surface area contributed by atoms with E-state index in [2.05, 4.69) is 14.9 Å². The van der Waals surface area contributed by atoms with Crippen LogP contribution in [0.3, 0.4) is 0 Å². The highest BCUT2D eigenvalue weighted by Crippen LogP contribution is 1.93. The number of aromatic nitrogens is 3. The molecule has 1 rings (SSSR count). The lowest BCUT2D eigenvalue weighted by atomic mass is 10.5. The summed E-state index contributed by atoms with van der Waals surface area (Å²) < 4.78 is 4.44. The molecule has 0 saturated carbocycles. The molecule has 0 amide bonds. The van der Waals surface area contributed by atoms with Gasteiger partial charge >= 0.3 is 5.97 Å². The Labute approximate surface area is 64.0 Å². The van der Waals surface area contributed by atoms with Crippen LogP contribution in [0.15, 0.2) is 6.20 Å². The Morgan fingerprint density at radius 3 is 3.00 bits per heavy atom. The zero-order chi connectivity index (χ0) is 8.27. The third-order valence-corrected chi connectivity index (χ3v) is 1.21. The van der Waals surface area contributed by atoms with Gasteiger partial charge in [0.05, 0.1) is 19.9 Å². The second-order valence-electron chi connectivity index (χ2n) is 1.91. The minimum atomic E-state index is -0.454. The SMILES string of the molecule is CCn1ncc(C(=O)OC)n1. The van der Waals surface area contributed by atoms with Gasteiger partial charge in [0, 0.05) is 0 Å². The molecule has 1 aromatic heterocycles. The normalized spacial score (nSPS) is 9.64. The van der Waals surface area contributed by atoms with Crippen molar-refractivity contribution in [3.05, 3.63) is 11.9 Å². The van der Waals surface area contributed by atoms with Crippen molar-refractivity contribution in [2.45, 2.75) is 13.5 Å². The number of carbonyl (C=O) groups excluding carboxylic acids is 1. The molecular formula is C6H9N3O2. The molecule has 1 heterocycles. The van der Waals surface area contributed by atoms with Crippen molar-refractivity contribution in [1.82, 2.24) is 15.0 Å². The molecule has 0 aliphatic rings. The molecule has 0 fully saturated rings. The Hall–Kier alpha value is -1.39. The molecule has 0 unspecified atom stereocenters. The van der Waals surface area contributed by atoms with E-state index in [9.17, 15) is 4.79 Å². The van der Waals surface area contributed by atoms with E-state index < -0.39 is 5.97 Å². The highest BCUT2D eigenvalue weighted by atomic mass is 16.5. The molecular weight excluding hydrogens is 146 g/mol. The summed E-state index contributed by atoms with van der Waals surface area (Å²) in [5.74, 6) is -0.454. The fourth-order valence-electron chi connectivity index (χ4n) is 0.648. The van der Waals surface area contributed by atoms with Gasteiger partial charge in [-0.1, -0.05) is 0 Å². The number of carbonyl (C=O) groups is 1. The molecule has 0 atom stereocenters. The molecule has 0 saturated heterocycles. The summed E-state index contributed by atoms with van der Waals surface area (Å²) in [4.78, 5) is 12.2. The molecule has 0 radical (unpaired) electrons. The molecule has 0 bridgehead atoms. The molecule has 1 aromatic rings. The zero-order valence-electron chi connectivity index (χ0n) is 6.44. The molecule has 0 aliphatic heterocycles. The van der Waals surface area contributed by atoms with Crippen molar-refractivity contribution in [3.8, 4) is 0 Å². The van der Waals surface area contributed by atoms with Crippen molar-refractivity contribution in [2.75, 3.05) is 7.11 Å². The van der Waals surface area contributed by atoms with E-state index in [1.165, 1.54) is 18.1 Å². The van der Waals surface area contributed by atoms with Crippen LogP contribution in [0.25, 0.3) is 0 Å². The van der Waals surface area contributed by atoms with Crippen LogP contribution >= 0.6 is 0 Å². The highest BCUT2D eigenvalue weighted by molar-refractivity contribution is 5.86. The smallest absolute Gasteiger partial charge is 0.360 e. The first kappa shape index (κ1) is 7.71. The van der Waals surface area contributed by atoms with Gasteiger partial charge in [0.25, 0.3) is 0 Å². The second-order valence-corrected chi connectivity index (χ2v) is 1.91. The fourth-order valence-corrected chi connectivity index (χ4v) is 0.648. The third kappa shape index (κ3) is 1.54. The Morgan fingerprint density at radius 1 is 1.82 bits per heavy atom. The van der Waals surface area contributed by atoms with E-state index in [-0.39, 0.29) is 5.69 Å². The highest BCUT2D eigenvalue weighted by Gasteiger charge is 2.08. The van der Waals surface area contributed by atoms with Gasteiger partial charge in [-0.15, -0.1) is 5.10 Å². The van der Waals surface area contributed by atoms with Crippen molar-refractivity contribution >= 4 is 5.97 Å². The second kappa shape index (κ2) is 3.14. The lowest BCUT2D eigenvalue weighted by Crippen LogP contribution is -2.04. The lowest BCUT2D eigenvalue weighted by molar-refractivity contribution is 0.0593. The van der Waals surface area contributed by atoms with Gasteiger partial charge in [-0.25, -0.2) is 4.79 Å². The van der Waals surface area contributed by atoms with Crippen LogP contribution in [0.2, 0.25) is 0 Å². The summed E-state index contributed by atoms with van der Waals surface area (Å²) in [6.07, 6.45) is 1.38. The van der Waals surface area contributed by atoms with Gasteiger partial charge in [-0.3, -0.25) is 0 Å². The molecule has 60 valence electrons. The van der Waals surface area contributed by atoms with Crippen molar-refractivity contribution in [3.63, 3.8) is 0 Å². The van der Waals surface area contributed by atoms with Crippen LogP contribution in [0.1, 0.15) is 17.4 Å². The average Bonchev–Trinajstić information content (AvgIpc) is 2.50. The first-order chi connectivity index (χ1) is 5.27. The lowest BCUT2D eigenvalue weighted by Gasteiger charge is -1.91. The Bertz CT molecular complexity index is 256. The average molecular weight is 155 g/mol. The molecule has 5 nitrogen and oxygen atoms in total. The summed E-state index contributed by atoms with van der Waals surface area (Å²) in [5.41, 5.74) is 0.245. The zero-order valence-corrected chi connectivity index (χ0v) is 6.44. The molecule has 11 heavy (non-hydrogen) atoms. The minimum Gasteiger partial charge on any atom is -0.464 e. The van der Waals surface area contributed by atoms with Crippen LogP contribution in [0.5, 0.6) is 0 Å². The van der Waals surface area contributed by atoms with Gasteiger partial charge in [-0.05, 0) is 6.92 Å². The Morgan fingerprint density at radius 2 is 2.55 bits per heavy atom. The van der Waals surface area contributed by atoms with Crippen LogP contribution in [-0.2, 0) is 11.3 Å². The van der Waals surface area contributed by atoms with Gasteiger partial charge in [0.15, 0.2) is 5.69 Å². The monoisotopic (exact) mass is 155 g/mol. The van der Waals surface area contributed by atoms with Crippen molar-refractivity contribution < 1.29 is 9.53 Å². The number of aryl methyl sites for hydroxylation is 1. The maximum absolute atomic E-state index is 10.8. The van der Waals surface area contributed by atoms with Crippen LogP contribution in [0.4, 0.5) is 0 Å². The summed E-state index contributed by atoms with van der Waals surface area (Å²) in [6.45, 7) is 2.54. The topological polar surface area (TPSA) is 57.0 Å². The van der Waals surface area contributed by atoms with E-state index in [1.807, 2.05) is 6.92 Å². The van der Waals surface area contributed by atoms with Crippen molar-refractivity contribution in [1.29, 1.82) is 0 Å². The number of methoxy groups -OCH3 is 1. The van der Waals surface area contributed by atoms with Gasteiger partial charge in [0.2, 0.25) is 0 Å². The number of esters is 1. The first-order valence-corrected chi connectivity index (χ1v) is 3.26. The van der Waals surface area contributed by atoms with E-state index in [0.29, 0.717) is 6.54 Å². The standard InChI is InChI=1S/C6H9N3O2/c1-3-9-7-4-5(8-9)6(10)11-2/h4H,3H2,1-2H3. The number of nitrogens with zero attached hydrogens (tertiary/aromatic N) is 3. The molecule has 0 N–H and O–H groups in total. The molecule has 0 aliphatic carbocycles. The van der Waals surface area contributed by atoms with Crippen LogP contribution in [0, 0.1) is 0 Å². The van der Waals surface area contributed by atoms with Crippen LogP contribution < -0.4 is 0 Å². The number of hydrogen-bond donors (Lipinski definition) is 0. The predicted octanol–water partition coefficient (Wildman–Crippen LogP) is 0.0846. The van der Waals surface area contributed by atoms with E-state index in [1.54, 1.807) is 0 Å². The van der Waals surface area contributed by atoms with Gasteiger partial charge in [0.1, 0.15) is 0 Å². The Kier molecular flexibility index (Phi) is 2.20. The van der Waals surface area contributed by atoms with E-state index in [4.69, 9.17) is 0 Å². The van der Waals surface area contributed by atoms with Crippen LogP contribution in [-0.4, -0.2) is 28.1 Å². The first-order valence-electron chi connectivity index (χ1n) is 3.26. The van der Waals surface area contributed by atoms with Crippen molar-refractivity contribution in [2.24, 2.45) is 0 Å². The Balaban J connectivity index is 2.80. The summed E-state index contributed by atoms with van der Waals surface area (Å²) >= 11 is 0. The van der Waals surface area contributed by atoms with Gasteiger partial charge in [-0.2, -0.15) is 9.90 Å². The van der Waals surface area contributed by atoms with E-state index >= 15 is 0 Å². The predicted molar refractivity (Wildman–Crippen MR) is 37.0 cm³/mol. The maximum Gasteiger partial charge on any atom is 0.360 e. The molecule has 0 aromatic carbocycles. The number of ether oxygens (including phenoxy) is 1. The summed E-state index contributed by atoms with van der Waals surface area (Å²) in [7, 11) is 1.31. The minimum absolute atomic E-state index is 0.245. The quantitative estimate of drug-likeness (QED) is 0.568. The maximum atomic E-state index is 10.8. The number of rotatable bonds is 2. The largest absolute Gasteiger partial charge is 0.464 e. The molecule has 0 spiro atoms. The van der Waals surface area contributed by atoms with Gasteiger partial charge < -0.3 is 4.74 Å². The summed E-state index contributed by atoms with van der Waals surface area (Å²) in [6, 6.07) is 0. The fraction of sp³-hybridized carbons (Fsp3) is 0.500. The number of hydrogen-bond acceptors (Lipinski definition) is 4. The summed E-state index contributed by atoms with van der Waals surface area (Å²) in [5, 5.41) is 7.64. The third-order valence-electron chi connectivity index (χ3n) is 1.21. The molecule has 5 heteroatoms.